The fourth-order valence-corrected chi connectivity index (χ4v) is 3.76. The zero-order valence-electron chi connectivity index (χ0n) is 13.9. The van der Waals surface area contributed by atoms with Crippen LogP contribution < -0.4 is 0 Å². The number of thiazole rings is 1. The summed E-state index contributed by atoms with van der Waals surface area (Å²) < 4.78 is 5.25. The third-order valence-corrected chi connectivity index (χ3v) is 5.49. The molecule has 126 valence electrons. The van der Waals surface area contributed by atoms with E-state index in [4.69, 9.17) is 4.52 Å². The van der Waals surface area contributed by atoms with Crippen molar-refractivity contribution in [3.63, 3.8) is 0 Å². The van der Waals surface area contributed by atoms with Crippen molar-refractivity contribution in [2.45, 2.75) is 40.0 Å². The van der Waals surface area contributed by atoms with Crippen molar-refractivity contribution in [3.8, 4) is 0 Å². The first-order chi connectivity index (χ1) is 11.0. The van der Waals surface area contributed by atoms with Crippen LogP contribution in [0.5, 0.6) is 0 Å². The van der Waals surface area contributed by atoms with E-state index < -0.39 is 6.10 Å². The van der Waals surface area contributed by atoms with Gasteiger partial charge in [-0.2, -0.15) is 0 Å². The normalized spacial score (nSPS) is 18.4. The van der Waals surface area contributed by atoms with Gasteiger partial charge in [-0.05, 0) is 20.8 Å². The molecule has 6 nitrogen and oxygen atoms in total. The second-order valence-electron chi connectivity index (χ2n) is 6.20. The number of hydrogen-bond acceptors (Lipinski definition) is 7. The lowest BCUT2D eigenvalue weighted by Gasteiger charge is -2.34. The van der Waals surface area contributed by atoms with E-state index in [1.54, 1.807) is 18.3 Å². The van der Waals surface area contributed by atoms with Crippen LogP contribution in [0.4, 0.5) is 0 Å². The lowest BCUT2D eigenvalue weighted by atomic mass is 10.2. The van der Waals surface area contributed by atoms with Crippen LogP contribution >= 0.6 is 11.3 Å². The van der Waals surface area contributed by atoms with Crippen molar-refractivity contribution in [1.82, 2.24) is 19.9 Å². The van der Waals surface area contributed by atoms with Gasteiger partial charge in [0.25, 0.3) is 0 Å². The van der Waals surface area contributed by atoms with E-state index in [0.717, 1.165) is 55.7 Å². The zero-order chi connectivity index (χ0) is 16.4. The second kappa shape index (κ2) is 7.09. The van der Waals surface area contributed by atoms with Gasteiger partial charge in [0.15, 0.2) is 0 Å². The van der Waals surface area contributed by atoms with Crippen LogP contribution in [0.3, 0.4) is 0 Å². The summed E-state index contributed by atoms with van der Waals surface area (Å²) in [5.74, 6) is 0.931. The average Bonchev–Trinajstić information content (AvgIpc) is 3.11. The number of aliphatic hydroxyl groups is 1. The van der Waals surface area contributed by atoms with Crippen molar-refractivity contribution in [3.05, 3.63) is 33.1 Å². The van der Waals surface area contributed by atoms with Gasteiger partial charge in [0.05, 0.1) is 5.69 Å². The van der Waals surface area contributed by atoms with Gasteiger partial charge in [-0.3, -0.25) is 9.80 Å². The number of aliphatic hydroxyl groups excluding tert-OH is 1. The van der Waals surface area contributed by atoms with Gasteiger partial charge in [0, 0.05) is 55.9 Å². The lowest BCUT2D eigenvalue weighted by Crippen LogP contribution is -2.45. The van der Waals surface area contributed by atoms with Gasteiger partial charge in [-0.1, -0.05) is 5.16 Å². The summed E-state index contributed by atoms with van der Waals surface area (Å²) in [5, 5.41) is 14.4. The minimum atomic E-state index is -0.472. The van der Waals surface area contributed by atoms with Crippen LogP contribution in [-0.4, -0.2) is 51.2 Å². The van der Waals surface area contributed by atoms with E-state index in [1.165, 1.54) is 10.4 Å². The molecule has 1 atom stereocenters. The molecule has 0 aliphatic carbocycles. The summed E-state index contributed by atoms with van der Waals surface area (Å²) in [4.78, 5) is 10.4. The third-order valence-electron chi connectivity index (χ3n) is 4.34. The van der Waals surface area contributed by atoms with Crippen molar-refractivity contribution < 1.29 is 9.63 Å². The molecule has 3 rings (SSSR count). The average molecular weight is 336 g/mol. The molecule has 0 radical (unpaired) electrons. The first-order valence-electron chi connectivity index (χ1n) is 8.02. The molecule has 7 heteroatoms. The molecule has 1 aliphatic heterocycles. The Kier molecular flexibility index (Phi) is 5.11. The van der Waals surface area contributed by atoms with Gasteiger partial charge in [0.2, 0.25) is 0 Å². The topological polar surface area (TPSA) is 65.6 Å². The Morgan fingerprint density at radius 2 is 1.87 bits per heavy atom. The quantitative estimate of drug-likeness (QED) is 0.902. The number of rotatable bonds is 5. The predicted molar refractivity (Wildman–Crippen MR) is 89.3 cm³/mol. The van der Waals surface area contributed by atoms with Crippen LogP contribution in [0.25, 0.3) is 0 Å². The summed E-state index contributed by atoms with van der Waals surface area (Å²) in [6.45, 7) is 11.8. The predicted octanol–water partition coefficient (Wildman–Crippen LogP) is 2.12. The molecule has 3 heterocycles. The summed E-state index contributed by atoms with van der Waals surface area (Å²) in [5.41, 5.74) is 2.22. The van der Waals surface area contributed by atoms with E-state index in [9.17, 15) is 5.11 Å². The van der Waals surface area contributed by atoms with Crippen molar-refractivity contribution >= 4 is 11.3 Å². The van der Waals surface area contributed by atoms with E-state index in [2.05, 4.69) is 19.9 Å². The van der Waals surface area contributed by atoms with Crippen molar-refractivity contribution in [2.75, 3.05) is 26.2 Å². The molecule has 0 aromatic carbocycles. The third kappa shape index (κ3) is 3.98. The molecule has 23 heavy (non-hydrogen) atoms. The number of aromatic nitrogens is 2. The largest absolute Gasteiger partial charge is 0.386 e. The smallest absolute Gasteiger partial charge is 0.138 e. The van der Waals surface area contributed by atoms with Crippen LogP contribution in [0, 0.1) is 13.8 Å². The van der Waals surface area contributed by atoms with E-state index >= 15 is 0 Å². The van der Waals surface area contributed by atoms with Gasteiger partial charge in [0.1, 0.15) is 16.9 Å². The minimum absolute atomic E-state index is 0.472. The van der Waals surface area contributed by atoms with Crippen molar-refractivity contribution in [2.24, 2.45) is 0 Å². The minimum Gasteiger partial charge on any atom is -0.386 e. The van der Waals surface area contributed by atoms with E-state index in [0.29, 0.717) is 0 Å². The highest BCUT2D eigenvalue weighted by molar-refractivity contribution is 7.11. The van der Waals surface area contributed by atoms with Crippen LogP contribution in [0.1, 0.15) is 39.9 Å². The molecular weight excluding hydrogens is 312 g/mol. The molecular formula is C16H24N4O2S. The highest BCUT2D eigenvalue weighted by atomic mass is 32.1. The number of piperazine rings is 1. The summed E-state index contributed by atoms with van der Waals surface area (Å²) >= 11 is 1.61. The Bertz CT molecular complexity index is 625. The molecule has 0 spiro atoms. The Hall–Kier alpha value is -1.28. The van der Waals surface area contributed by atoms with Gasteiger partial charge in [-0.15, -0.1) is 11.3 Å². The Morgan fingerprint density at radius 3 is 2.39 bits per heavy atom. The molecule has 2 aromatic heterocycles. The van der Waals surface area contributed by atoms with Gasteiger partial charge in [-0.25, -0.2) is 4.98 Å². The molecule has 1 saturated heterocycles. The van der Waals surface area contributed by atoms with Gasteiger partial charge >= 0.3 is 0 Å². The standard InChI is InChI=1S/C16H24N4O2S/c1-11-15(13(3)22-18-11)10-20-6-4-19(5-7-20)9-14-8-17-16(23-14)12(2)21/h8,12,21H,4-7,9-10H2,1-3H3/t12-/m0/s1. The molecule has 0 saturated carbocycles. The Morgan fingerprint density at radius 1 is 1.22 bits per heavy atom. The van der Waals surface area contributed by atoms with Crippen LogP contribution in [0.15, 0.2) is 10.7 Å². The molecule has 0 unspecified atom stereocenters. The Labute approximate surface area is 140 Å². The molecule has 1 aliphatic rings. The lowest BCUT2D eigenvalue weighted by molar-refractivity contribution is 0.122. The number of hydrogen-bond donors (Lipinski definition) is 1. The fraction of sp³-hybridized carbons (Fsp3) is 0.625. The SMILES string of the molecule is Cc1noc(C)c1CN1CCN(Cc2cnc([C@H](C)O)s2)CC1. The first kappa shape index (κ1) is 16.6. The number of nitrogens with zero attached hydrogens (tertiary/aromatic N) is 4. The summed E-state index contributed by atoms with van der Waals surface area (Å²) in [6, 6.07) is 0. The first-order valence-corrected chi connectivity index (χ1v) is 8.83. The Balaban J connectivity index is 1.50. The monoisotopic (exact) mass is 336 g/mol. The summed E-state index contributed by atoms with van der Waals surface area (Å²) in [6.07, 6.45) is 1.42. The molecule has 2 aromatic rings. The maximum Gasteiger partial charge on any atom is 0.138 e. The number of aryl methyl sites for hydroxylation is 2. The van der Waals surface area contributed by atoms with Gasteiger partial charge < -0.3 is 9.63 Å². The van der Waals surface area contributed by atoms with E-state index in [1.807, 2.05) is 20.0 Å². The molecule has 1 N–H and O–H groups in total. The molecule has 0 bridgehead atoms. The highest BCUT2D eigenvalue weighted by Crippen LogP contribution is 2.22. The second-order valence-corrected chi connectivity index (χ2v) is 7.34. The maximum atomic E-state index is 9.56. The summed E-state index contributed by atoms with van der Waals surface area (Å²) in [7, 11) is 0. The highest BCUT2D eigenvalue weighted by Gasteiger charge is 2.20. The molecule has 1 fully saturated rings. The van der Waals surface area contributed by atoms with Crippen LogP contribution in [0.2, 0.25) is 0 Å². The zero-order valence-corrected chi connectivity index (χ0v) is 14.8. The fourth-order valence-electron chi connectivity index (χ4n) is 2.87. The molecule has 0 amide bonds. The van der Waals surface area contributed by atoms with Crippen molar-refractivity contribution in [1.29, 1.82) is 0 Å². The maximum absolute atomic E-state index is 9.56. The van der Waals surface area contributed by atoms with E-state index in [-0.39, 0.29) is 0 Å². The van der Waals surface area contributed by atoms with Crippen LogP contribution in [-0.2, 0) is 13.1 Å².